The Morgan fingerprint density at radius 3 is 1.39 bits per heavy atom. The first-order valence-electron chi connectivity index (χ1n) is 14.9. The zero-order valence-electron chi connectivity index (χ0n) is 25.7. The van der Waals surface area contributed by atoms with Crippen molar-refractivity contribution < 1.29 is 9.59 Å². The standard InChI is InChI=1S/C23H20N2O.C17H16N2O/c26-23(18-24-17-21-9-5-2-6-10-21)25-22-15-13-20(14-16-22)12-11-19-7-3-1-4-8-19;1-13(18)17(20)19-16-11-9-15(10-12-16)8-7-14-5-3-2-4-6-14/h1-10,13-16,24H,17-18H2,(H,25,26);2-6,9-13H,18H2,1H3,(H,19,20). The van der Waals surface area contributed by atoms with Crippen LogP contribution in [0.25, 0.3) is 0 Å². The van der Waals surface area contributed by atoms with Crippen LogP contribution in [0.5, 0.6) is 0 Å². The lowest BCUT2D eigenvalue weighted by molar-refractivity contribution is -0.117. The zero-order chi connectivity index (χ0) is 32.4. The highest BCUT2D eigenvalue weighted by molar-refractivity contribution is 5.94. The van der Waals surface area contributed by atoms with E-state index in [9.17, 15) is 9.59 Å². The van der Waals surface area contributed by atoms with Gasteiger partial charge in [0.25, 0.3) is 0 Å². The van der Waals surface area contributed by atoms with Gasteiger partial charge in [-0.3, -0.25) is 9.59 Å². The topological polar surface area (TPSA) is 96.2 Å². The van der Waals surface area contributed by atoms with Crippen LogP contribution >= 0.6 is 0 Å². The normalized spacial score (nSPS) is 10.4. The molecule has 6 nitrogen and oxygen atoms in total. The smallest absolute Gasteiger partial charge is 0.240 e. The Labute approximate surface area is 271 Å². The molecule has 1 atom stereocenters. The molecule has 5 N–H and O–H groups in total. The maximum absolute atomic E-state index is 12.0. The van der Waals surface area contributed by atoms with Crippen LogP contribution in [-0.4, -0.2) is 24.4 Å². The van der Waals surface area contributed by atoms with E-state index in [-0.39, 0.29) is 18.4 Å². The molecule has 0 saturated carbocycles. The first-order valence-corrected chi connectivity index (χ1v) is 14.9. The van der Waals surface area contributed by atoms with Crippen LogP contribution < -0.4 is 21.7 Å². The van der Waals surface area contributed by atoms with Crippen molar-refractivity contribution in [1.82, 2.24) is 5.32 Å². The minimum Gasteiger partial charge on any atom is -0.325 e. The van der Waals surface area contributed by atoms with E-state index >= 15 is 0 Å². The number of hydrogen-bond acceptors (Lipinski definition) is 4. The number of nitrogens with two attached hydrogens (primary N) is 1. The summed E-state index contributed by atoms with van der Waals surface area (Å²) < 4.78 is 0. The molecule has 0 aliphatic rings. The van der Waals surface area contributed by atoms with Crippen molar-refractivity contribution in [3.05, 3.63) is 167 Å². The number of hydrogen-bond donors (Lipinski definition) is 4. The number of rotatable bonds is 7. The summed E-state index contributed by atoms with van der Waals surface area (Å²) in [5.41, 5.74) is 11.9. The highest BCUT2D eigenvalue weighted by Gasteiger charge is 2.06. The van der Waals surface area contributed by atoms with E-state index in [0.29, 0.717) is 6.54 Å². The van der Waals surface area contributed by atoms with Gasteiger partial charge in [0.1, 0.15) is 0 Å². The number of nitrogens with one attached hydrogen (secondary N) is 3. The molecular weight excluding hydrogens is 568 g/mol. The lowest BCUT2D eigenvalue weighted by Crippen LogP contribution is -2.32. The molecule has 6 heteroatoms. The summed E-state index contributed by atoms with van der Waals surface area (Å²) in [6.45, 7) is 2.59. The minimum absolute atomic E-state index is 0.0657. The van der Waals surface area contributed by atoms with Gasteiger partial charge in [0.2, 0.25) is 11.8 Å². The van der Waals surface area contributed by atoms with Crippen LogP contribution in [0.3, 0.4) is 0 Å². The van der Waals surface area contributed by atoms with Crippen molar-refractivity contribution in [3.63, 3.8) is 0 Å². The highest BCUT2D eigenvalue weighted by Crippen LogP contribution is 2.10. The monoisotopic (exact) mass is 604 g/mol. The molecule has 5 rings (SSSR count). The molecule has 228 valence electrons. The van der Waals surface area contributed by atoms with Crippen LogP contribution in [0.4, 0.5) is 11.4 Å². The Morgan fingerprint density at radius 2 is 0.957 bits per heavy atom. The van der Waals surface area contributed by atoms with Crippen molar-refractivity contribution in [3.8, 4) is 23.7 Å². The minimum atomic E-state index is -0.521. The van der Waals surface area contributed by atoms with E-state index in [2.05, 4.69) is 39.6 Å². The van der Waals surface area contributed by atoms with Gasteiger partial charge in [0.15, 0.2) is 0 Å². The second-order valence-electron chi connectivity index (χ2n) is 10.3. The third-order valence-electron chi connectivity index (χ3n) is 6.44. The number of carbonyl (C=O) groups is 2. The molecular formula is C40H36N4O2. The molecule has 0 radical (unpaired) electrons. The third kappa shape index (κ3) is 12.0. The molecule has 0 aromatic heterocycles. The summed E-state index contributed by atoms with van der Waals surface area (Å²) in [5.74, 6) is 12.1. The van der Waals surface area contributed by atoms with Gasteiger partial charge >= 0.3 is 0 Å². The van der Waals surface area contributed by atoms with Gasteiger partial charge in [-0.2, -0.15) is 0 Å². The van der Waals surface area contributed by atoms with Crippen LogP contribution in [-0.2, 0) is 16.1 Å². The summed E-state index contributed by atoms with van der Waals surface area (Å²) >= 11 is 0. The molecule has 5 aromatic carbocycles. The lowest BCUT2D eigenvalue weighted by Gasteiger charge is -2.07. The van der Waals surface area contributed by atoms with Crippen LogP contribution in [0.1, 0.15) is 34.7 Å². The largest absolute Gasteiger partial charge is 0.325 e. The Kier molecular flexibility index (Phi) is 12.9. The Morgan fingerprint density at radius 1 is 0.565 bits per heavy atom. The van der Waals surface area contributed by atoms with Gasteiger partial charge in [-0.05, 0) is 85.3 Å². The van der Waals surface area contributed by atoms with Crippen LogP contribution in [0, 0.1) is 23.7 Å². The number of benzene rings is 5. The Hall–Kier alpha value is -5.92. The maximum Gasteiger partial charge on any atom is 0.240 e. The molecule has 1 unspecified atom stereocenters. The predicted molar refractivity (Wildman–Crippen MR) is 187 cm³/mol. The number of amides is 2. The summed E-state index contributed by atoms with van der Waals surface area (Å²) in [5, 5.41) is 8.75. The molecule has 5 aromatic rings. The fraction of sp³-hybridized carbons (Fsp3) is 0.100. The summed E-state index contributed by atoms with van der Waals surface area (Å²) in [7, 11) is 0. The predicted octanol–water partition coefficient (Wildman–Crippen LogP) is 6.19. The summed E-state index contributed by atoms with van der Waals surface area (Å²) in [6, 6.07) is 44.0. The van der Waals surface area contributed by atoms with Crippen LogP contribution in [0.15, 0.2) is 140 Å². The van der Waals surface area contributed by atoms with Gasteiger partial charge in [-0.25, -0.2) is 0 Å². The molecule has 0 saturated heterocycles. The van der Waals surface area contributed by atoms with Crippen molar-refractivity contribution in [2.45, 2.75) is 19.5 Å². The first kappa shape index (κ1) is 33.0. The quantitative estimate of drug-likeness (QED) is 0.167. The fourth-order valence-corrected chi connectivity index (χ4v) is 3.98. The van der Waals surface area contributed by atoms with E-state index in [1.165, 1.54) is 0 Å². The molecule has 2 amide bonds. The van der Waals surface area contributed by atoms with Gasteiger partial charge in [0.05, 0.1) is 12.6 Å². The van der Waals surface area contributed by atoms with Crippen molar-refractivity contribution in [1.29, 1.82) is 0 Å². The maximum atomic E-state index is 12.0. The average Bonchev–Trinajstić information content (AvgIpc) is 3.09. The van der Waals surface area contributed by atoms with Crippen LogP contribution in [0.2, 0.25) is 0 Å². The number of carbonyl (C=O) groups excluding carboxylic acids is 2. The van der Waals surface area contributed by atoms with Gasteiger partial charge in [0, 0.05) is 40.2 Å². The molecule has 0 aliphatic heterocycles. The van der Waals surface area contributed by atoms with E-state index in [1.807, 2.05) is 140 Å². The van der Waals surface area contributed by atoms with Crippen molar-refractivity contribution in [2.75, 3.05) is 17.2 Å². The van der Waals surface area contributed by atoms with Gasteiger partial charge < -0.3 is 21.7 Å². The second kappa shape index (κ2) is 18.0. The summed E-state index contributed by atoms with van der Waals surface area (Å²) in [6.07, 6.45) is 0. The molecule has 0 fully saturated rings. The SMILES string of the molecule is CC(N)C(=O)Nc1ccc(C#Cc2ccccc2)cc1.O=C(CNCc1ccccc1)Nc1ccc(C#Cc2ccccc2)cc1. The van der Waals surface area contributed by atoms with Crippen molar-refractivity contribution >= 4 is 23.2 Å². The molecule has 0 spiro atoms. The van der Waals surface area contributed by atoms with E-state index in [1.54, 1.807) is 6.92 Å². The zero-order valence-corrected chi connectivity index (χ0v) is 25.7. The second-order valence-corrected chi connectivity index (χ2v) is 10.3. The lowest BCUT2D eigenvalue weighted by atomic mass is 10.1. The molecule has 0 heterocycles. The highest BCUT2D eigenvalue weighted by atomic mass is 16.2. The molecule has 0 bridgehead atoms. The Balaban J connectivity index is 0.000000216. The van der Waals surface area contributed by atoms with E-state index in [0.717, 1.165) is 39.2 Å². The van der Waals surface area contributed by atoms with Gasteiger partial charge in [-0.15, -0.1) is 0 Å². The molecule has 0 aliphatic carbocycles. The van der Waals surface area contributed by atoms with Gasteiger partial charge in [-0.1, -0.05) is 90.4 Å². The molecule has 46 heavy (non-hydrogen) atoms. The Bertz CT molecular complexity index is 1800. The van der Waals surface area contributed by atoms with E-state index < -0.39 is 6.04 Å². The first-order chi connectivity index (χ1) is 22.4. The summed E-state index contributed by atoms with van der Waals surface area (Å²) in [4.78, 5) is 23.4. The number of anilines is 2. The average molecular weight is 605 g/mol. The van der Waals surface area contributed by atoms with E-state index in [4.69, 9.17) is 5.73 Å². The third-order valence-corrected chi connectivity index (χ3v) is 6.44. The fourth-order valence-electron chi connectivity index (χ4n) is 3.98. The van der Waals surface area contributed by atoms with Crippen molar-refractivity contribution in [2.24, 2.45) is 5.73 Å².